The van der Waals surface area contributed by atoms with Gasteiger partial charge in [0, 0.05) is 17.6 Å². The Morgan fingerprint density at radius 2 is 2.07 bits per heavy atom. The maximum absolute atomic E-state index is 12.0. The molecule has 2 heteroatoms. The van der Waals surface area contributed by atoms with Crippen LogP contribution in [0.3, 0.4) is 0 Å². The minimum atomic E-state index is 0.0435. The van der Waals surface area contributed by atoms with Crippen molar-refractivity contribution in [2.75, 3.05) is 0 Å². The number of Topliss-reactive ketones (excluding diaryl/α,β-unsaturated/α-hetero) is 1. The largest absolute Gasteiger partial charge is 0.314 e. The van der Waals surface area contributed by atoms with Crippen LogP contribution in [0.2, 0.25) is 0 Å². The van der Waals surface area contributed by atoms with Gasteiger partial charge >= 0.3 is 0 Å². The van der Waals surface area contributed by atoms with Crippen molar-refractivity contribution in [3.8, 4) is 0 Å². The Balaban J connectivity index is 2.69. The zero-order valence-corrected chi connectivity index (χ0v) is 9.32. The highest BCUT2D eigenvalue weighted by Gasteiger charge is 2.17. The van der Waals surface area contributed by atoms with Gasteiger partial charge in [-0.1, -0.05) is 19.9 Å². The number of carbonyl (C=O) groups is 1. The molecule has 78 valence electrons. The van der Waals surface area contributed by atoms with Crippen LogP contribution in [0.1, 0.15) is 29.9 Å². The standard InChI is InChI=1S/C13H15NO/c1-9(2)13(15)12-10(3)8-11-6-4-5-7-14(11)12/h4-9H,1-3H3. The Bertz CT molecular complexity index is 508. The van der Waals surface area contributed by atoms with E-state index in [9.17, 15) is 4.79 Å². The number of carbonyl (C=O) groups excluding carboxylic acids is 1. The molecular formula is C13H15NO. The quantitative estimate of drug-likeness (QED) is 0.684. The molecule has 15 heavy (non-hydrogen) atoms. The lowest BCUT2D eigenvalue weighted by Crippen LogP contribution is -2.11. The van der Waals surface area contributed by atoms with Crippen molar-refractivity contribution in [3.05, 3.63) is 41.7 Å². The molecule has 2 rings (SSSR count). The maximum atomic E-state index is 12.0. The Kier molecular flexibility index (Phi) is 2.35. The van der Waals surface area contributed by atoms with Gasteiger partial charge in [0.2, 0.25) is 0 Å². The lowest BCUT2D eigenvalue weighted by Gasteiger charge is -2.06. The predicted octanol–water partition coefficient (Wildman–Crippen LogP) is 3.09. The normalized spacial score (nSPS) is 11.2. The minimum absolute atomic E-state index is 0.0435. The molecule has 0 saturated carbocycles. The van der Waals surface area contributed by atoms with Gasteiger partial charge in [-0.25, -0.2) is 0 Å². The van der Waals surface area contributed by atoms with Crippen LogP contribution >= 0.6 is 0 Å². The van der Waals surface area contributed by atoms with E-state index in [4.69, 9.17) is 0 Å². The number of aromatic nitrogens is 1. The predicted molar refractivity (Wildman–Crippen MR) is 61.3 cm³/mol. The molecule has 0 N–H and O–H groups in total. The molecule has 0 bridgehead atoms. The lowest BCUT2D eigenvalue weighted by molar-refractivity contribution is 0.0933. The Hall–Kier alpha value is -1.57. The summed E-state index contributed by atoms with van der Waals surface area (Å²) in [6.45, 7) is 5.86. The van der Waals surface area contributed by atoms with E-state index in [1.165, 1.54) is 0 Å². The average Bonchev–Trinajstić information content (AvgIpc) is 2.52. The molecule has 0 aliphatic heterocycles. The molecule has 0 atom stereocenters. The van der Waals surface area contributed by atoms with E-state index in [1.807, 2.05) is 49.6 Å². The third kappa shape index (κ3) is 1.56. The molecule has 2 nitrogen and oxygen atoms in total. The van der Waals surface area contributed by atoms with E-state index in [0.717, 1.165) is 16.8 Å². The molecular weight excluding hydrogens is 186 g/mol. The Morgan fingerprint density at radius 1 is 1.33 bits per heavy atom. The van der Waals surface area contributed by atoms with E-state index in [1.54, 1.807) is 0 Å². The lowest BCUT2D eigenvalue weighted by atomic mass is 10.0. The fourth-order valence-corrected chi connectivity index (χ4v) is 1.84. The molecule has 0 aliphatic carbocycles. The van der Waals surface area contributed by atoms with Crippen molar-refractivity contribution in [3.63, 3.8) is 0 Å². The summed E-state index contributed by atoms with van der Waals surface area (Å²) < 4.78 is 1.97. The summed E-state index contributed by atoms with van der Waals surface area (Å²) in [5.74, 6) is 0.251. The molecule has 0 aromatic carbocycles. The first-order valence-corrected chi connectivity index (χ1v) is 5.22. The fraction of sp³-hybridized carbons (Fsp3) is 0.308. The highest BCUT2D eigenvalue weighted by atomic mass is 16.1. The van der Waals surface area contributed by atoms with E-state index in [0.29, 0.717) is 0 Å². The number of hydrogen-bond acceptors (Lipinski definition) is 1. The van der Waals surface area contributed by atoms with Gasteiger partial charge in [0.25, 0.3) is 0 Å². The van der Waals surface area contributed by atoms with Gasteiger partial charge in [0.1, 0.15) is 0 Å². The van der Waals surface area contributed by atoms with Crippen LogP contribution in [0.15, 0.2) is 30.5 Å². The van der Waals surface area contributed by atoms with Crippen LogP contribution in [-0.2, 0) is 0 Å². The smallest absolute Gasteiger partial charge is 0.182 e. The van der Waals surface area contributed by atoms with Crippen molar-refractivity contribution < 1.29 is 4.79 Å². The van der Waals surface area contributed by atoms with Gasteiger partial charge in [0.15, 0.2) is 5.78 Å². The van der Waals surface area contributed by atoms with E-state index in [2.05, 4.69) is 6.07 Å². The van der Waals surface area contributed by atoms with Crippen LogP contribution in [0.4, 0.5) is 0 Å². The molecule has 2 heterocycles. The zero-order chi connectivity index (χ0) is 11.0. The van der Waals surface area contributed by atoms with E-state index < -0.39 is 0 Å². The number of nitrogens with zero attached hydrogens (tertiary/aromatic N) is 1. The second-order valence-electron chi connectivity index (χ2n) is 4.19. The minimum Gasteiger partial charge on any atom is -0.314 e. The summed E-state index contributed by atoms with van der Waals surface area (Å²) >= 11 is 0. The van der Waals surface area contributed by atoms with Crippen LogP contribution in [-0.4, -0.2) is 10.2 Å². The molecule has 2 aromatic heterocycles. The molecule has 2 aromatic rings. The van der Waals surface area contributed by atoms with Crippen molar-refractivity contribution in [1.29, 1.82) is 0 Å². The molecule has 0 spiro atoms. The van der Waals surface area contributed by atoms with Gasteiger partial charge in [-0.3, -0.25) is 4.79 Å². The number of ketones is 1. The van der Waals surface area contributed by atoms with E-state index in [-0.39, 0.29) is 11.7 Å². The van der Waals surface area contributed by atoms with Crippen LogP contribution < -0.4 is 0 Å². The Labute approximate surface area is 89.5 Å². The second-order valence-corrected chi connectivity index (χ2v) is 4.19. The van der Waals surface area contributed by atoms with Gasteiger partial charge in [-0.05, 0) is 30.7 Å². The van der Waals surface area contributed by atoms with Crippen LogP contribution in [0, 0.1) is 12.8 Å². The third-order valence-corrected chi connectivity index (χ3v) is 2.63. The van der Waals surface area contributed by atoms with Crippen molar-refractivity contribution >= 4 is 11.3 Å². The number of fused-ring (bicyclic) bond motifs is 1. The molecule has 0 saturated heterocycles. The topological polar surface area (TPSA) is 21.5 Å². The van der Waals surface area contributed by atoms with Gasteiger partial charge in [-0.15, -0.1) is 0 Å². The molecule has 0 aliphatic rings. The van der Waals surface area contributed by atoms with Crippen LogP contribution in [0.5, 0.6) is 0 Å². The number of pyridine rings is 1. The third-order valence-electron chi connectivity index (χ3n) is 2.63. The average molecular weight is 201 g/mol. The maximum Gasteiger partial charge on any atom is 0.182 e. The first-order valence-electron chi connectivity index (χ1n) is 5.22. The molecule has 0 radical (unpaired) electrons. The molecule has 0 amide bonds. The fourth-order valence-electron chi connectivity index (χ4n) is 1.84. The van der Waals surface area contributed by atoms with Gasteiger partial charge < -0.3 is 4.40 Å². The molecule has 0 fully saturated rings. The summed E-state index contributed by atoms with van der Waals surface area (Å²) in [7, 11) is 0. The van der Waals surface area contributed by atoms with Gasteiger partial charge in [-0.2, -0.15) is 0 Å². The SMILES string of the molecule is Cc1cc2ccccn2c1C(=O)C(C)C. The number of hydrogen-bond donors (Lipinski definition) is 0. The summed E-state index contributed by atoms with van der Waals surface area (Å²) in [4.78, 5) is 12.0. The summed E-state index contributed by atoms with van der Waals surface area (Å²) in [6.07, 6.45) is 1.94. The number of aryl methyl sites for hydroxylation is 1. The summed E-state index contributed by atoms with van der Waals surface area (Å²) in [5.41, 5.74) is 2.96. The first-order chi connectivity index (χ1) is 7.11. The van der Waals surface area contributed by atoms with Gasteiger partial charge in [0.05, 0.1) is 5.69 Å². The van der Waals surface area contributed by atoms with Crippen molar-refractivity contribution in [2.24, 2.45) is 5.92 Å². The van der Waals surface area contributed by atoms with Crippen molar-refractivity contribution in [2.45, 2.75) is 20.8 Å². The summed E-state index contributed by atoms with van der Waals surface area (Å²) in [5, 5.41) is 0. The monoisotopic (exact) mass is 201 g/mol. The van der Waals surface area contributed by atoms with Crippen LogP contribution in [0.25, 0.3) is 5.52 Å². The molecule has 0 unspecified atom stereocenters. The number of rotatable bonds is 2. The van der Waals surface area contributed by atoms with E-state index >= 15 is 0 Å². The zero-order valence-electron chi connectivity index (χ0n) is 9.32. The highest BCUT2D eigenvalue weighted by Crippen LogP contribution is 2.18. The Morgan fingerprint density at radius 3 is 2.73 bits per heavy atom. The highest BCUT2D eigenvalue weighted by molar-refractivity contribution is 5.98. The van der Waals surface area contributed by atoms with Crippen molar-refractivity contribution in [1.82, 2.24) is 4.40 Å². The second kappa shape index (κ2) is 3.54. The first kappa shape index (κ1) is 9.97. The summed E-state index contributed by atoms with van der Waals surface area (Å²) in [6, 6.07) is 8.00.